The predicted molar refractivity (Wildman–Crippen MR) is 80.3 cm³/mol. The summed E-state index contributed by atoms with van der Waals surface area (Å²) < 4.78 is 0. The minimum atomic E-state index is 0.396. The average molecular weight is 315 g/mol. The van der Waals surface area contributed by atoms with E-state index in [2.05, 4.69) is 20.3 Å². The smallest absolute Gasteiger partial charge is 0.137 e. The first-order valence-electron chi connectivity index (χ1n) is 5.59. The van der Waals surface area contributed by atoms with E-state index in [-0.39, 0.29) is 0 Å². The van der Waals surface area contributed by atoms with E-state index in [4.69, 9.17) is 23.2 Å². The van der Waals surface area contributed by atoms with E-state index in [0.29, 0.717) is 23.3 Å². The SMILES string of the molecule is CSc1ccc(NCCc2c(Cl)ncnc2Cl)nc1. The van der Waals surface area contributed by atoms with E-state index in [9.17, 15) is 0 Å². The molecule has 0 aliphatic heterocycles. The van der Waals surface area contributed by atoms with Crippen molar-refractivity contribution in [2.45, 2.75) is 11.3 Å². The third kappa shape index (κ3) is 3.96. The van der Waals surface area contributed by atoms with Crippen LogP contribution >= 0.6 is 35.0 Å². The highest BCUT2D eigenvalue weighted by molar-refractivity contribution is 7.98. The van der Waals surface area contributed by atoms with E-state index in [1.54, 1.807) is 11.8 Å². The van der Waals surface area contributed by atoms with Crippen LogP contribution in [0.3, 0.4) is 0 Å². The van der Waals surface area contributed by atoms with Crippen LogP contribution in [0, 0.1) is 0 Å². The fourth-order valence-corrected chi connectivity index (χ4v) is 2.36. The summed E-state index contributed by atoms with van der Waals surface area (Å²) in [4.78, 5) is 13.3. The number of thioether (sulfide) groups is 1. The van der Waals surface area contributed by atoms with Gasteiger partial charge in [0.2, 0.25) is 0 Å². The van der Waals surface area contributed by atoms with Gasteiger partial charge in [0.25, 0.3) is 0 Å². The molecule has 100 valence electrons. The highest BCUT2D eigenvalue weighted by atomic mass is 35.5. The zero-order valence-electron chi connectivity index (χ0n) is 10.2. The summed E-state index contributed by atoms with van der Waals surface area (Å²) in [6.45, 7) is 0.665. The average Bonchev–Trinajstić information content (AvgIpc) is 2.43. The van der Waals surface area contributed by atoms with Gasteiger partial charge in [0, 0.05) is 23.2 Å². The van der Waals surface area contributed by atoms with Crippen molar-refractivity contribution in [1.29, 1.82) is 0 Å². The minimum absolute atomic E-state index is 0.396. The Morgan fingerprint density at radius 3 is 2.47 bits per heavy atom. The molecule has 2 aromatic heterocycles. The summed E-state index contributed by atoms with van der Waals surface area (Å²) in [5.74, 6) is 0.821. The number of hydrogen-bond donors (Lipinski definition) is 1. The zero-order valence-corrected chi connectivity index (χ0v) is 12.6. The number of rotatable bonds is 5. The fraction of sp³-hybridized carbons (Fsp3) is 0.250. The summed E-state index contributed by atoms with van der Waals surface area (Å²) in [5, 5.41) is 4.00. The van der Waals surface area contributed by atoms with E-state index >= 15 is 0 Å². The molecule has 0 saturated carbocycles. The molecule has 0 spiro atoms. The summed E-state index contributed by atoms with van der Waals surface area (Å²) in [6.07, 6.45) is 5.84. The van der Waals surface area contributed by atoms with Crippen LogP contribution in [0.4, 0.5) is 5.82 Å². The van der Waals surface area contributed by atoms with E-state index < -0.39 is 0 Å². The van der Waals surface area contributed by atoms with Crippen molar-refractivity contribution in [2.24, 2.45) is 0 Å². The summed E-state index contributed by atoms with van der Waals surface area (Å²) >= 11 is 13.6. The molecular formula is C12H12Cl2N4S. The van der Waals surface area contributed by atoms with Gasteiger partial charge in [-0.25, -0.2) is 15.0 Å². The molecule has 0 aromatic carbocycles. The first-order valence-corrected chi connectivity index (χ1v) is 7.57. The van der Waals surface area contributed by atoms with Gasteiger partial charge in [0.15, 0.2) is 0 Å². The highest BCUT2D eigenvalue weighted by Crippen LogP contribution is 2.20. The molecule has 0 amide bonds. The maximum atomic E-state index is 5.97. The monoisotopic (exact) mass is 314 g/mol. The lowest BCUT2D eigenvalue weighted by molar-refractivity contribution is 0.970. The number of pyridine rings is 1. The van der Waals surface area contributed by atoms with Crippen molar-refractivity contribution in [1.82, 2.24) is 15.0 Å². The second-order valence-corrected chi connectivity index (χ2v) is 5.29. The van der Waals surface area contributed by atoms with Crippen LogP contribution in [-0.2, 0) is 6.42 Å². The van der Waals surface area contributed by atoms with Crippen LogP contribution in [0.1, 0.15) is 5.56 Å². The van der Waals surface area contributed by atoms with Gasteiger partial charge in [0.05, 0.1) is 0 Å². The molecule has 2 heterocycles. The van der Waals surface area contributed by atoms with Crippen molar-refractivity contribution in [3.63, 3.8) is 0 Å². The van der Waals surface area contributed by atoms with Crippen LogP contribution in [-0.4, -0.2) is 27.8 Å². The molecule has 1 N–H and O–H groups in total. The maximum Gasteiger partial charge on any atom is 0.137 e. The quantitative estimate of drug-likeness (QED) is 0.675. The lowest BCUT2D eigenvalue weighted by Crippen LogP contribution is -2.07. The molecule has 0 radical (unpaired) electrons. The first-order chi connectivity index (χ1) is 9.20. The number of halogens is 2. The van der Waals surface area contributed by atoms with Crippen molar-refractivity contribution >= 4 is 40.8 Å². The number of nitrogens with one attached hydrogen (secondary N) is 1. The molecule has 19 heavy (non-hydrogen) atoms. The third-order valence-corrected chi connectivity index (χ3v) is 3.86. The van der Waals surface area contributed by atoms with Gasteiger partial charge in [-0.05, 0) is 24.8 Å². The van der Waals surface area contributed by atoms with Crippen molar-refractivity contribution in [3.05, 3.63) is 40.5 Å². The van der Waals surface area contributed by atoms with Gasteiger partial charge >= 0.3 is 0 Å². The Labute approximate surface area is 126 Å². The second kappa shape index (κ2) is 6.93. The molecule has 2 rings (SSSR count). The lowest BCUT2D eigenvalue weighted by Gasteiger charge is -2.07. The molecule has 0 aliphatic rings. The number of hydrogen-bond acceptors (Lipinski definition) is 5. The molecule has 0 atom stereocenters. The highest BCUT2D eigenvalue weighted by Gasteiger charge is 2.07. The molecular weight excluding hydrogens is 303 g/mol. The van der Waals surface area contributed by atoms with Gasteiger partial charge in [-0.15, -0.1) is 11.8 Å². The molecule has 0 unspecified atom stereocenters. The van der Waals surface area contributed by atoms with E-state index in [1.807, 2.05) is 24.6 Å². The maximum absolute atomic E-state index is 5.97. The van der Waals surface area contributed by atoms with Gasteiger partial charge in [-0.3, -0.25) is 0 Å². The molecule has 4 nitrogen and oxygen atoms in total. The topological polar surface area (TPSA) is 50.7 Å². The van der Waals surface area contributed by atoms with Gasteiger partial charge in [0.1, 0.15) is 22.5 Å². The largest absolute Gasteiger partial charge is 0.370 e. The number of aromatic nitrogens is 3. The van der Waals surface area contributed by atoms with Gasteiger partial charge in [-0.1, -0.05) is 23.2 Å². The third-order valence-electron chi connectivity index (χ3n) is 2.49. The Kier molecular flexibility index (Phi) is 5.24. The van der Waals surface area contributed by atoms with Gasteiger partial charge in [-0.2, -0.15) is 0 Å². The Bertz CT molecular complexity index is 528. The van der Waals surface area contributed by atoms with Crippen molar-refractivity contribution < 1.29 is 0 Å². The van der Waals surface area contributed by atoms with Crippen LogP contribution < -0.4 is 5.32 Å². The molecule has 2 aromatic rings. The van der Waals surface area contributed by atoms with Crippen molar-refractivity contribution in [3.8, 4) is 0 Å². The van der Waals surface area contributed by atoms with Crippen LogP contribution in [0.15, 0.2) is 29.6 Å². The first kappa shape index (κ1) is 14.4. The standard InChI is InChI=1S/C12H12Cl2N4S/c1-19-8-2-3-10(16-6-8)15-5-4-9-11(13)17-7-18-12(9)14/h2-3,6-7H,4-5H2,1H3,(H,15,16). The zero-order chi connectivity index (χ0) is 13.7. The van der Waals surface area contributed by atoms with Crippen LogP contribution in [0.25, 0.3) is 0 Å². The predicted octanol–water partition coefficient (Wildman–Crippen LogP) is 3.55. The van der Waals surface area contributed by atoms with Gasteiger partial charge < -0.3 is 5.32 Å². The van der Waals surface area contributed by atoms with Crippen LogP contribution in [0.2, 0.25) is 10.3 Å². The second-order valence-electron chi connectivity index (χ2n) is 3.69. The normalized spacial score (nSPS) is 10.5. The Balaban J connectivity index is 1.92. The Morgan fingerprint density at radius 2 is 1.89 bits per heavy atom. The Hall–Kier alpha value is -1.04. The lowest BCUT2D eigenvalue weighted by atomic mass is 10.2. The van der Waals surface area contributed by atoms with Crippen molar-refractivity contribution in [2.75, 3.05) is 18.1 Å². The Morgan fingerprint density at radius 1 is 1.16 bits per heavy atom. The molecule has 7 heteroatoms. The number of anilines is 1. The molecule has 0 aliphatic carbocycles. The molecule has 0 fully saturated rings. The molecule has 0 saturated heterocycles. The molecule has 0 bridgehead atoms. The summed E-state index contributed by atoms with van der Waals surface area (Å²) in [6, 6.07) is 3.96. The van der Waals surface area contributed by atoms with E-state index in [1.165, 1.54) is 6.33 Å². The fourth-order valence-electron chi connectivity index (χ4n) is 1.50. The summed E-state index contributed by atoms with van der Waals surface area (Å²) in [5.41, 5.74) is 0.749. The van der Waals surface area contributed by atoms with E-state index in [0.717, 1.165) is 16.3 Å². The minimum Gasteiger partial charge on any atom is -0.370 e. The van der Waals surface area contributed by atoms with Crippen LogP contribution in [0.5, 0.6) is 0 Å². The number of nitrogens with zero attached hydrogens (tertiary/aromatic N) is 3. The summed E-state index contributed by atoms with van der Waals surface area (Å²) in [7, 11) is 0.